The Morgan fingerprint density at radius 2 is 1.71 bits per heavy atom. The molecule has 0 aliphatic rings. The average Bonchev–Trinajstić information content (AvgIpc) is 2.49. The molecular weight excluding hydrogens is 324 g/mol. The van der Waals surface area contributed by atoms with E-state index >= 15 is 0 Å². The van der Waals surface area contributed by atoms with Crippen LogP contribution in [0, 0.1) is 12.7 Å². The van der Waals surface area contributed by atoms with Gasteiger partial charge in [-0.25, -0.2) is 4.39 Å². The summed E-state index contributed by atoms with van der Waals surface area (Å²) in [5.41, 5.74) is -1.72. The molecule has 24 heavy (non-hydrogen) atoms. The highest BCUT2D eigenvalue weighted by Crippen LogP contribution is 2.43. The molecule has 0 spiro atoms. The number of rotatable bonds is 4. The number of alkyl halides is 3. The predicted octanol–water partition coefficient (Wildman–Crippen LogP) is 5.06. The van der Waals surface area contributed by atoms with E-state index in [2.05, 4.69) is 0 Å². The molecular formula is C18H18F4O2. The third-order valence-electron chi connectivity index (χ3n) is 4.04. The first-order valence-corrected chi connectivity index (χ1v) is 7.49. The lowest BCUT2D eigenvalue weighted by Gasteiger charge is -2.31. The molecule has 2 rings (SSSR count). The molecule has 0 aromatic heterocycles. The van der Waals surface area contributed by atoms with E-state index in [0.29, 0.717) is 16.7 Å². The van der Waals surface area contributed by atoms with Crippen LogP contribution in [-0.2, 0) is 5.60 Å². The molecule has 2 aromatic rings. The minimum Gasteiger partial charge on any atom is -0.505 e. The first kappa shape index (κ1) is 18.3. The Hall–Kier alpha value is -2.08. The zero-order valence-electron chi connectivity index (χ0n) is 13.3. The second kappa shape index (κ2) is 6.43. The van der Waals surface area contributed by atoms with E-state index in [9.17, 15) is 27.8 Å². The van der Waals surface area contributed by atoms with Crippen molar-refractivity contribution in [3.8, 4) is 16.9 Å². The minimum atomic E-state index is -4.79. The van der Waals surface area contributed by atoms with Crippen LogP contribution in [-0.4, -0.2) is 16.4 Å². The highest BCUT2D eigenvalue weighted by molar-refractivity contribution is 5.68. The van der Waals surface area contributed by atoms with Crippen molar-refractivity contribution in [2.45, 2.75) is 38.5 Å². The molecule has 130 valence electrons. The summed E-state index contributed by atoms with van der Waals surface area (Å²) in [6.07, 6.45) is -5.06. The Morgan fingerprint density at radius 1 is 1.04 bits per heavy atom. The van der Waals surface area contributed by atoms with Gasteiger partial charge in [-0.15, -0.1) is 0 Å². The largest absolute Gasteiger partial charge is 0.505 e. The molecule has 1 unspecified atom stereocenters. The van der Waals surface area contributed by atoms with Crippen molar-refractivity contribution in [2.24, 2.45) is 0 Å². The third kappa shape index (κ3) is 3.24. The zero-order chi connectivity index (χ0) is 18.1. The van der Waals surface area contributed by atoms with E-state index in [1.54, 1.807) is 13.8 Å². The summed E-state index contributed by atoms with van der Waals surface area (Å²) in [5, 5.41) is 19.4. The number of aryl methyl sites for hydroxylation is 1. The van der Waals surface area contributed by atoms with Crippen LogP contribution >= 0.6 is 0 Å². The molecule has 2 nitrogen and oxygen atoms in total. The van der Waals surface area contributed by atoms with Crippen LogP contribution in [0.4, 0.5) is 17.6 Å². The maximum absolute atomic E-state index is 13.5. The molecule has 0 fully saturated rings. The molecule has 6 heteroatoms. The summed E-state index contributed by atoms with van der Waals surface area (Å²) in [6.45, 7) is 3.16. The molecule has 2 N–H and O–H groups in total. The molecule has 0 radical (unpaired) electrons. The van der Waals surface area contributed by atoms with Gasteiger partial charge in [-0.3, -0.25) is 0 Å². The molecule has 0 saturated carbocycles. The summed E-state index contributed by atoms with van der Waals surface area (Å²) < 4.78 is 53.4. The van der Waals surface area contributed by atoms with Crippen molar-refractivity contribution in [3.63, 3.8) is 0 Å². The molecule has 1 atom stereocenters. The highest BCUT2D eigenvalue weighted by Gasteiger charge is 2.54. The maximum Gasteiger partial charge on any atom is 0.421 e. The van der Waals surface area contributed by atoms with Crippen LogP contribution in [0.15, 0.2) is 36.4 Å². The normalized spacial score (nSPS) is 14.5. The summed E-state index contributed by atoms with van der Waals surface area (Å²) in [7, 11) is 0. The number of benzene rings is 2. The van der Waals surface area contributed by atoms with E-state index in [4.69, 9.17) is 0 Å². The number of aliphatic hydroxyl groups is 1. The van der Waals surface area contributed by atoms with Crippen LogP contribution in [0.1, 0.15) is 30.9 Å². The number of halogens is 4. The van der Waals surface area contributed by atoms with Gasteiger partial charge in [0.1, 0.15) is 0 Å². The van der Waals surface area contributed by atoms with Crippen molar-refractivity contribution >= 4 is 0 Å². The number of aromatic hydroxyl groups is 1. The second-order valence-corrected chi connectivity index (χ2v) is 5.80. The van der Waals surface area contributed by atoms with Crippen molar-refractivity contribution in [2.75, 3.05) is 0 Å². The minimum absolute atomic E-state index is 0.167. The molecule has 0 amide bonds. The van der Waals surface area contributed by atoms with Gasteiger partial charge in [0.05, 0.1) is 0 Å². The molecule has 0 aliphatic carbocycles. The monoisotopic (exact) mass is 342 g/mol. The lowest BCUT2D eigenvalue weighted by Crippen LogP contribution is -2.42. The Balaban J connectivity index is 2.51. The molecule has 0 aliphatic heterocycles. The van der Waals surface area contributed by atoms with Crippen LogP contribution in [0.2, 0.25) is 0 Å². The van der Waals surface area contributed by atoms with E-state index in [0.717, 1.165) is 6.07 Å². The summed E-state index contributed by atoms with van der Waals surface area (Å²) in [5.74, 6) is -1.31. The van der Waals surface area contributed by atoms with Gasteiger partial charge in [-0.2, -0.15) is 13.2 Å². The number of phenolic OH excluding ortho intramolecular Hbond substituents is 1. The fourth-order valence-electron chi connectivity index (χ4n) is 2.73. The molecule has 0 bridgehead atoms. The maximum atomic E-state index is 13.5. The van der Waals surface area contributed by atoms with E-state index in [1.165, 1.54) is 30.3 Å². The lowest BCUT2D eigenvalue weighted by molar-refractivity contribution is -0.269. The number of hydrogen-bond acceptors (Lipinski definition) is 2. The Bertz CT molecular complexity index is 740. The van der Waals surface area contributed by atoms with Crippen LogP contribution < -0.4 is 0 Å². The van der Waals surface area contributed by atoms with Crippen molar-refractivity contribution in [3.05, 3.63) is 53.3 Å². The highest BCUT2D eigenvalue weighted by atomic mass is 19.4. The van der Waals surface area contributed by atoms with Crippen molar-refractivity contribution in [1.82, 2.24) is 0 Å². The fourth-order valence-corrected chi connectivity index (χ4v) is 2.73. The Kier molecular flexibility index (Phi) is 4.90. The summed E-state index contributed by atoms with van der Waals surface area (Å²) in [4.78, 5) is 0. The SMILES string of the molecule is CCCC(O)(c1ccc(-c2ccc(O)c(F)c2)c(C)c1)C(F)(F)F. The zero-order valence-corrected chi connectivity index (χ0v) is 13.3. The van der Waals surface area contributed by atoms with Gasteiger partial charge in [0.2, 0.25) is 0 Å². The van der Waals surface area contributed by atoms with Gasteiger partial charge in [-0.1, -0.05) is 37.6 Å². The van der Waals surface area contributed by atoms with Gasteiger partial charge in [0.15, 0.2) is 17.2 Å². The van der Waals surface area contributed by atoms with Gasteiger partial charge < -0.3 is 10.2 Å². The Morgan fingerprint density at radius 3 is 2.21 bits per heavy atom. The van der Waals surface area contributed by atoms with Crippen molar-refractivity contribution in [1.29, 1.82) is 0 Å². The fraction of sp³-hybridized carbons (Fsp3) is 0.333. The Labute approximate surface area is 137 Å². The molecule has 0 saturated heterocycles. The van der Waals surface area contributed by atoms with Crippen LogP contribution in [0.3, 0.4) is 0 Å². The molecule has 2 aromatic carbocycles. The van der Waals surface area contributed by atoms with Gasteiger partial charge >= 0.3 is 6.18 Å². The van der Waals surface area contributed by atoms with Crippen LogP contribution in [0.5, 0.6) is 5.75 Å². The van der Waals surface area contributed by atoms with E-state index < -0.39 is 29.8 Å². The smallest absolute Gasteiger partial charge is 0.421 e. The van der Waals surface area contributed by atoms with Gasteiger partial charge in [-0.05, 0) is 47.7 Å². The first-order chi connectivity index (χ1) is 11.1. The van der Waals surface area contributed by atoms with Crippen LogP contribution in [0.25, 0.3) is 11.1 Å². The molecule has 0 heterocycles. The predicted molar refractivity (Wildman–Crippen MR) is 83.1 cm³/mol. The lowest BCUT2D eigenvalue weighted by atomic mass is 9.86. The second-order valence-electron chi connectivity index (χ2n) is 5.80. The van der Waals surface area contributed by atoms with Gasteiger partial charge in [0.25, 0.3) is 0 Å². The van der Waals surface area contributed by atoms with E-state index in [1.807, 2.05) is 0 Å². The quantitative estimate of drug-likeness (QED) is 0.763. The number of phenols is 1. The van der Waals surface area contributed by atoms with Gasteiger partial charge in [0, 0.05) is 0 Å². The number of hydrogen-bond donors (Lipinski definition) is 2. The van der Waals surface area contributed by atoms with E-state index in [-0.39, 0.29) is 12.0 Å². The third-order valence-corrected chi connectivity index (χ3v) is 4.04. The summed E-state index contributed by atoms with van der Waals surface area (Å²) >= 11 is 0. The standard InChI is InChI=1S/C18H18F4O2/c1-3-8-17(24,18(20,21)22)13-5-6-14(11(2)9-13)12-4-7-16(23)15(19)10-12/h4-7,9-10,23-24H,3,8H2,1-2H3. The topological polar surface area (TPSA) is 40.5 Å². The van der Waals surface area contributed by atoms with Crippen molar-refractivity contribution < 1.29 is 27.8 Å². The first-order valence-electron chi connectivity index (χ1n) is 7.49. The summed E-state index contributed by atoms with van der Waals surface area (Å²) in [6, 6.07) is 7.66. The average molecular weight is 342 g/mol.